The zero-order chi connectivity index (χ0) is 15.5. The van der Waals surface area contributed by atoms with E-state index in [2.05, 4.69) is 31.9 Å². The van der Waals surface area contributed by atoms with Crippen LogP contribution < -0.4 is 4.74 Å². The number of rotatable bonds is 5. The summed E-state index contributed by atoms with van der Waals surface area (Å²) in [5.41, 5.74) is 0.210. The quantitative estimate of drug-likeness (QED) is 0.743. The van der Waals surface area contributed by atoms with Crippen molar-refractivity contribution >= 4 is 38.1 Å². The summed E-state index contributed by atoms with van der Waals surface area (Å²) in [7, 11) is 0. The van der Waals surface area contributed by atoms with Crippen LogP contribution in [-0.2, 0) is 5.60 Å². The second-order valence-electron chi connectivity index (χ2n) is 4.86. The minimum absolute atomic E-state index is 0.0919. The highest BCUT2D eigenvalue weighted by molar-refractivity contribution is 9.11. The molecule has 2 rings (SSSR count). The predicted octanol–water partition coefficient (Wildman–Crippen LogP) is 4.31. The van der Waals surface area contributed by atoms with Crippen LogP contribution in [0, 0.1) is 0 Å². The highest BCUT2D eigenvalue weighted by Gasteiger charge is 2.24. The lowest BCUT2D eigenvalue weighted by Crippen LogP contribution is -2.29. The Hall–Kier alpha value is -1.17. The van der Waals surface area contributed by atoms with Gasteiger partial charge in [-0.25, -0.2) is 0 Å². The molecular formula is C16H14Br2O3. The Morgan fingerprint density at radius 1 is 1.19 bits per heavy atom. The number of halogens is 2. The molecule has 0 fully saturated rings. The summed E-state index contributed by atoms with van der Waals surface area (Å²) < 4.78 is 7.04. The van der Waals surface area contributed by atoms with Crippen molar-refractivity contribution in [2.75, 3.05) is 6.61 Å². The van der Waals surface area contributed by atoms with Crippen LogP contribution in [0.25, 0.3) is 0 Å². The summed E-state index contributed by atoms with van der Waals surface area (Å²) in [5.74, 6) is 0.553. The van der Waals surface area contributed by atoms with Gasteiger partial charge < -0.3 is 9.84 Å². The molecule has 1 N–H and O–H groups in total. The summed E-state index contributed by atoms with van der Waals surface area (Å²) in [6, 6.07) is 12.7. The fourth-order valence-electron chi connectivity index (χ4n) is 1.88. The van der Waals surface area contributed by atoms with Gasteiger partial charge in [-0.05, 0) is 56.5 Å². The van der Waals surface area contributed by atoms with Crippen LogP contribution in [0.3, 0.4) is 0 Å². The second-order valence-corrected chi connectivity index (χ2v) is 6.57. The van der Waals surface area contributed by atoms with Gasteiger partial charge in [-0.1, -0.05) is 30.3 Å². The van der Waals surface area contributed by atoms with E-state index in [-0.39, 0.29) is 6.61 Å². The molecule has 2 aromatic carbocycles. The number of carbonyl (C=O) groups is 1. The monoisotopic (exact) mass is 412 g/mol. The Labute approximate surface area is 140 Å². The normalized spacial score (nSPS) is 13.5. The average molecular weight is 414 g/mol. The van der Waals surface area contributed by atoms with Crippen molar-refractivity contribution in [3.8, 4) is 5.75 Å². The van der Waals surface area contributed by atoms with Crippen LogP contribution in [0.15, 0.2) is 51.4 Å². The van der Waals surface area contributed by atoms with Gasteiger partial charge in [0.2, 0.25) is 0 Å². The molecule has 5 heteroatoms. The first-order chi connectivity index (χ1) is 9.94. The predicted molar refractivity (Wildman–Crippen MR) is 88.7 cm³/mol. The third-order valence-corrected chi connectivity index (χ3v) is 4.23. The maximum Gasteiger partial charge on any atom is 0.150 e. The van der Waals surface area contributed by atoms with Crippen LogP contribution in [0.1, 0.15) is 22.8 Å². The molecule has 0 spiro atoms. The summed E-state index contributed by atoms with van der Waals surface area (Å²) in [6.07, 6.45) is 0.763. The molecule has 110 valence electrons. The smallest absolute Gasteiger partial charge is 0.150 e. The van der Waals surface area contributed by atoms with Crippen molar-refractivity contribution < 1.29 is 14.6 Å². The number of benzene rings is 2. The Balaban J connectivity index is 2.18. The lowest BCUT2D eigenvalue weighted by atomic mass is 9.97. The first kappa shape index (κ1) is 16.2. The van der Waals surface area contributed by atoms with Crippen molar-refractivity contribution in [1.82, 2.24) is 0 Å². The van der Waals surface area contributed by atoms with Crippen molar-refractivity contribution in [1.29, 1.82) is 0 Å². The highest BCUT2D eigenvalue weighted by atomic mass is 79.9. The molecule has 0 radical (unpaired) electrons. The maximum atomic E-state index is 10.8. The fraction of sp³-hybridized carbons (Fsp3) is 0.188. The highest BCUT2D eigenvalue weighted by Crippen LogP contribution is 2.35. The van der Waals surface area contributed by atoms with Crippen LogP contribution in [0.5, 0.6) is 5.75 Å². The van der Waals surface area contributed by atoms with Crippen LogP contribution in [0.4, 0.5) is 0 Å². The molecule has 0 saturated heterocycles. The van der Waals surface area contributed by atoms with E-state index in [4.69, 9.17) is 4.74 Å². The van der Waals surface area contributed by atoms with E-state index in [0.717, 1.165) is 11.8 Å². The van der Waals surface area contributed by atoms with E-state index in [9.17, 15) is 9.90 Å². The van der Waals surface area contributed by atoms with E-state index in [0.29, 0.717) is 20.3 Å². The number of aliphatic hydroxyl groups is 1. The number of aldehydes is 1. The molecule has 21 heavy (non-hydrogen) atoms. The van der Waals surface area contributed by atoms with Gasteiger partial charge in [0.25, 0.3) is 0 Å². The molecule has 3 nitrogen and oxygen atoms in total. The van der Waals surface area contributed by atoms with Crippen LogP contribution >= 0.6 is 31.9 Å². The molecule has 1 atom stereocenters. The number of hydrogen-bond acceptors (Lipinski definition) is 3. The Bertz CT molecular complexity index is 616. The molecule has 0 aliphatic heterocycles. The topological polar surface area (TPSA) is 46.5 Å². The van der Waals surface area contributed by atoms with Gasteiger partial charge in [0.15, 0.2) is 0 Å². The number of hydrogen-bond donors (Lipinski definition) is 1. The zero-order valence-electron chi connectivity index (χ0n) is 11.3. The Kier molecular flexibility index (Phi) is 5.19. The third kappa shape index (κ3) is 3.93. The van der Waals surface area contributed by atoms with E-state index < -0.39 is 5.60 Å². The van der Waals surface area contributed by atoms with Gasteiger partial charge in [0.1, 0.15) is 24.2 Å². The molecule has 0 saturated carbocycles. The van der Waals surface area contributed by atoms with Crippen LogP contribution in [-0.4, -0.2) is 18.0 Å². The zero-order valence-corrected chi connectivity index (χ0v) is 14.5. The van der Waals surface area contributed by atoms with Crippen molar-refractivity contribution in [2.24, 2.45) is 0 Å². The molecular weight excluding hydrogens is 400 g/mol. The average Bonchev–Trinajstić information content (AvgIpc) is 2.47. The third-order valence-electron chi connectivity index (χ3n) is 3.05. The fourth-order valence-corrected chi connectivity index (χ4v) is 3.33. The van der Waals surface area contributed by atoms with Gasteiger partial charge in [-0.2, -0.15) is 0 Å². The lowest BCUT2D eigenvalue weighted by Gasteiger charge is -2.24. The Morgan fingerprint density at radius 3 is 2.29 bits per heavy atom. The van der Waals surface area contributed by atoms with Crippen molar-refractivity contribution in [3.63, 3.8) is 0 Å². The molecule has 0 aliphatic carbocycles. The van der Waals surface area contributed by atoms with Gasteiger partial charge in [0, 0.05) is 5.56 Å². The van der Waals surface area contributed by atoms with E-state index in [1.54, 1.807) is 19.1 Å². The molecule has 0 bridgehead atoms. The largest absolute Gasteiger partial charge is 0.488 e. The molecule has 0 heterocycles. The first-order valence-corrected chi connectivity index (χ1v) is 7.87. The van der Waals surface area contributed by atoms with Crippen molar-refractivity contribution in [3.05, 3.63) is 62.5 Å². The van der Waals surface area contributed by atoms with Gasteiger partial charge in [-0.15, -0.1) is 0 Å². The molecule has 0 amide bonds. The van der Waals surface area contributed by atoms with E-state index in [1.165, 1.54) is 0 Å². The molecule has 1 unspecified atom stereocenters. The SMILES string of the molecule is CC(O)(COc1c(Br)cc(C=O)cc1Br)c1ccccc1. The summed E-state index contributed by atoms with van der Waals surface area (Å²) in [6.45, 7) is 1.79. The minimum Gasteiger partial charge on any atom is -0.488 e. The minimum atomic E-state index is -1.11. The maximum absolute atomic E-state index is 10.8. The number of carbonyl (C=O) groups excluding carboxylic acids is 1. The lowest BCUT2D eigenvalue weighted by molar-refractivity contribution is 0.00710. The van der Waals surface area contributed by atoms with Crippen LogP contribution in [0.2, 0.25) is 0 Å². The summed E-state index contributed by atoms with van der Waals surface area (Å²) in [5, 5.41) is 10.5. The Morgan fingerprint density at radius 2 is 1.76 bits per heavy atom. The molecule has 2 aromatic rings. The second kappa shape index (κ2) is 6.73. The number of ether oxygens (including phenoxy) is 1. The summed E-state index contributed by atoms with van der Waals surface area (Å²) in [4.78, 5) is 10.8. The molecule has 0 aromatic heterocycles. The van der Waals surface area contributed by atoms with Gasteiger partial charge in [-0.3, -0.25) is 4.79 Å². The standard InChI is InChI=1S/C16H14Br2O3/c1-16(20,12-5-3-2-4-6-12)10-21-15-13(17)7-11(9-19)8-14(15)18/h2-9,20H,10H2,1H3. The first-order valence-electron chi connectivity index (χ1n) is 6.29. The van der Waals surface area contributed by atoms with Gasteiger partial charge >= 0.3 is 0 Å². The van der Waals surface area contributed by atoms with E-state index in [1.807, 2.05) is 30.3 Å². The van der Waals surface area contributed by atoms with E-state index >= 15 is 0 Å². The van der Waals surface area contributed by atoms with Gasteiger partial charge in [0.05, 0.1) is 8.95 Å². The summed E-state index contributed by atoms with van der Waals surface area (Å²) >= 11 is 6.73. The molecule has 0 aliphatic rings. The van der Waals surface area contributed by atoms with Crippen molar-refractivity contribution in [2.45, 2.75) is 12.5 Å².